The van der Waals surface area contributed by atoms with E-state index in [0.29, 0.717) is 0 Å². The third-order valence-electron chi connectivity index (χ3n) is 4.60. The molecule has 0 saturated heterocycles. The second-order valence-corrected chi connectivity index (χ2v) is 9.64. The van der Waals surface area contributed by atoms with Gasteiger partial charge in [-0.1, -0.05) is 97.1 Å². The van der Waals surface area contributed by atoms with Gasteiger partial charge in [0.15, 0.2) is 0 Å². The molecule has 0 radical (unpaired) electrons. The van der Waals surface area contributed by atoms with Gasteiger partial charge in [0, 0.05) is 6.20 Å². The molecule has 4 rings (SSSR count). The molecule has 136 valence electrons. The Morgan fingerprint density at radius 3 is 1.50 bits per heavy atom. The van der Waals surface area contributed by atoms with E-state index in [1.165, 1.54) is 0 Å². The number of nitrogens with zero attached hydrogens (tertiary/aromatic N) is 2. The maximum atomic E-state index is 6.46. The molecular formula is C24H20N2OSi. The third-order valence-corrected chi connectivity index (χ3v) is 8.42. The van der Waals surface area contributed by atoms with Crippen molar-refractivity contribution in [2.24, 2.45) is 5.16 Å². The van der Waals surface area contributed by atoms with Gasteiger partial charge in [0.25, 0.3) is 0 Å². The third kappa shape index (κ3) is 3.63. The predicted molar refractivity (Wildman–Crippen MR) is 117 cm³/mol. The largest absolute Gasteiger partial charge is 0.438 e. The van der Waals surface area contributed by atoms with Crippen molar-refractivity contribution in [1.29, 1.82) is 0 Å². The van der Waals surface area contributed by atoms with E-state index >= 15 is 0 Å². The van der Waals surface area contributed by atoms with Crippen LogP contribution in [0.2, 0.25) is 0 Å². The Labute approximate surface area is 166 Å². The first-order valence-corrected chi connectivity index (χ1v) is 11.1. The summed E-state index contributed by atoms with van der Waals surface area (Å²) < 4.78 is 6.46. The zero-order valence-corrected chi connectivity index (χ0v) is 16.3. The Morgan fingerprint density at radius 1 is 0.607 bits per heavy atom. The summed E-state index contributed by atoms with van der Waals surface area (Å²) in [5.41, 5.74) is 0.764. The smallest absolute Gasteiger partial charge is 0.380 e. The molecular weight excluding hydrogens is 360 g/mol. The zero-order chi connectivity index (χ0) is 19.1. The van der Waals surface area contributed by atoms with Crippen LogP contribution in [-0.2, 0) is 4.53 Å². The van der Waals surface area contributed by atoms with E-state index < -0.39 is 8.32 Å². The summed E-state index contributed by atoms with van der Waals surface area (Å²) in [7, 11) is -2.80. The number of hydrogen-bond acceptors (Lipinski definition) is 3. The molecule has 0 aliphatic heterocycles. The van der Waals surface area contributed by atoms with Gasteiger partial charge in [-0.3, -0.25) is 4.98 Å². The first kappa shape index (κ1) is 17.9. The molecule has 0 N–H and O–H groups in total. The van der Waals surface area contributed by atoms with Crippen molar-refractivity contribution in [2.75, 3.05) is 0 Å². The van der Waals surface area contributed by atoms with E-state index in [1.807, 2.05) is 36.4 Å². The molecule has 4 aromatic rings. The van der Waals surface area contributed by atoms with Crippen LogP contribution >= 0.6 is 0 Å². The Balaban J connectivity index is 1.87. The van der Waals surface area contributed by atoms with Crippen LogP contribution < -0.4 is 15.6 Å². The lowest BCUT2D eigenvalue weighted by Gasteiger charge is -2.29. The molecule has 0 saturated carbocycles. The van der Waals surface area contributed by atoms with E-state index in [4.69, 9.17) is 4.53 Å². The van der Waals surface area contributed by atoms with Gasteiger partial charge in [-0.05, 0) is 27.7 Å². The molecule has 0 amide bonds. The highest BCUT2D eigenvalue weighted by atomic mass is 28.4. The lowest BCUT2D eigenvalue weighted by molar-refractivity contribution is 0.351. The van der Waals surface area contributed by atoms with E-state index in [-0.39, 0.29) is 0 Å². The summed E-state index contributed by atoms with van der Waals surface area (Å²) in [6.45, 7) is 0. The highest BCUT2D eigenvalue weighted by molar-refractivity contribution is 7.07. The standard InChI is InChI=1S/C24H20N2OSi/c1-4-13-22(14-5-1)28(23-15-6-2-7-16-23,24-17-8-3-9-18-24)27-26-20-21-12-10-11-19-25-21/h1-20H/b26-20+. The first-order valence-electron chi connectivity index (χ1n) is 9.19. The van der Waals surface area contributed by atoms with Crippen molar-refractivity contribution in [1.82, 2.24) is 4.98 Å². The molecule has 0 bridgehead atoms. The fourth-order valence-electron chi connectivity index (χ4n) is 3.29. The second kappa shape index (κ2) is 8.46. The molecule has 1 heterocycles. The Hall–Kier alpha value is -3.50. The molecule has 0 fully saturated rings. The molecule has 28 heavy (non-hydrogen) atoms. The summed E-state index contributed by atoms with van der Waals surface area (Å²) in [6.07, 6.45) is 3.42. The van der Waals surface area contributed by atoms with Gasteiger partial charge in [0.1, 0.15) is 0 Å². The lowest BCUT2D eigenvalue weighted by Crippen LogP contribution is -2.68. The van der Waals surface area contributed by atoms with Crippen LogP contribution in [0.5, 0.6) is 0 Å². The van der Waals surface area contributed by atoms with Crippen LogP contribution in [0.4, 0.5) is 0 Å². The number of rotatable bonds is 6. The van der Waals surface area contributed by atoms with Crippen molar-refractivity contribution >= 4 is 30.1 Å². The average molecular weight is 381 g/mol. The fourth-order valence-corrected chi connectivity index (χ4v) is 6.80. The molecule has 0 aliphatic rings. The van der Waals surface area contributed by atoms with Crippen LogP contribution in [0.1, 0.15) is 5.69 Å². The van der Waals surface area contributed by atoms with Crippen molar-refractivity contribution in [3.8, 4) is 0 Å². The maximum absolute atomic E-state index is 6.46. The summed E-state index contributed by atoms with van der Waals surface area (Å²) >= 11 is 0. The van der Waals surface area contributed by atoms with Crippen LogP contribution in [0.25, 0.3) is 0 Å². The van der Waals surface area contributed by atoms with Crippen LogP contribution in [0.15, 0.2) is 121 Å². The second-order valence-electron chi connectivity index (χ2n) is 6.36. The molecule has 4 heteroatoms. The quantitative estimate of drug-likeness (QED) is 0.223. The van der Waals surface area contributed by atoms with Crippen molar-refractivity contribution in [3.05, 3.63) is 121 Å². The summed E-state index contributed by atoms with van der Waals surface area (Å²) in [4.78, 5) is 4.30. The first-order chi connectivity index (χ1) is 13.9. The highest BCUT2D eigenvalue weighted by Crippen LogP contribution is 2.10. The molecule has 0 unspecified atom stereocenters. The van der Waals surface area contributed by atoms with Gasteiger partial charge in [-0.25, -0.2) is 0 Å². The van der Waals surface area contributed by atoms with Crippen LogP contribution in [0.3, 0.4) is 0 Å². The van der Waals surface area contributed by atoms with Crippen molar-refractivity contribution < 1.29 is 4.53 Å². The SMILES string of the molecule is C(=N\O[Si](c1ccccc1)(c1ccccc1)c1ccccc1)/c1ccccn1. The van der Waals surface area contributed by atoms with Gasteiger partial charge < -0.3 is 4.53 Å². The van der Waals surface area contributed by atoms with Crippen molar-refractivity contribution in [3.63, 3.8) is 0 Å². The van der Waals surface area contributed by atoms with E-state index in [1.54, 1.807) is 12.4 Å². The topological polar surface area (TPSA) is 34.5 Å². The Kier molecular flexibility index (Phi) is 5.40. The number of aromatic nitrogens is 1. The van der Waals surface area contributed by atoms with E-state index in [2.05, 4.69) is 82.9 Å². The molecule has 3 aromatic carbocycles. The van der Waals surface area contributed by atoms with Gasteiger partial charge in [-0.2, -0.15) is 0 Å². The maximum Gasteiger partial charge on any atom is 0.380 e. The van der Waals surface area contributed by atoms with E-state index in [9.17, 15) is 0 Å². The number of benzene rings is 3. The molecule has 0 spiro atoms. The monoisotopic (exact) mass is 380 g/mol. The molecule has 0 aliphatic carbocycles. The van der Waals surface area contributed by atoms with Crippen molar-refractivity contribution in [2.45, 2.75) is 0 Å². The molecule has 1 aromatic heterocycles. The minimum absolute atomic E-state index is 0.764. The number of hydrogen-bond donors (Lipinski definition) is 0. The Morgan fingerprint density at radius 2 is 1.07 bits per heavy atom. The van der Waals surface area contributed by atoms with Crippen LogP contribution in [0, 0.1) is 0 Å². The minimum Gasteiger partial charge on any atom is -0.438 e. The van der Waals surface area contributed by atoms with E-state index in [0.717, 1.165) is 21.3 Å². The number of oxime groups is 1. The zero-order valence-electron chi connectivity index (χ0n) is 15.3. The average Bonchev–Trinajstić information content (AvgIpc) is 2.79. The van der Waals surface area contributed by atoms with Gasteiger partial charge in [0.05, 0.1) is 11.9 Å². The number of pyridine rings is 1. The Bertz CT molecular complexity index is 927. The molecule has 0 atom stereocenters. The summed E-state index contributed by atoms with van der Waals surface area (Å²) in [5, 5.41) is 7.85. The van der Waals surface area contributed by atoms with Gasteiger partial charge >= 0.3 is 8.32 Å². The summed E-state index contributed by atoms with van der Waals surface area (Å²) in [6, 6.07) is 36.9. The van der Waals surface area contributed by atoms with Crippen LogP contribution in [-0.4, -0.2) is 19.5 Å². The summed E-state index contributed by atoms with van der Waals surface area (Å²) in [5.74, 6) is 0. The lowest BCUT2D eigenvalue weighted by atomic mass is 10.3. The predicted octanol–water partition coefficient (Wildman–Crippen LogP) is 3.10. The van der Waals surface area contributed by atoms with Gasteiger partial charge in [-0.15, -0.1) is 5.16 Å². The van der Waals surface area contributed by atoms with Gasteiger partial charge in [0.2, 0.25) is 0 Å². The minimum atomic E-state index is -2.80. The fraction of sp³-hybridized carbons (Fsp3) is 0. The highest BCUT2D eigenvalue weighted by Gasteiger charge is 2.44. The normalized spacial score (nSPS) is 11.4. The molecule has 3 nitrogen and oxygen atoms in total.